The molecule has 0 aliphatic carbocycles. The van der Waals surface area contributed by atoms with Gasteiger partial charge in [-0.15, -0.1) is 0 Å². The third-order valence-corrected chi connectivity index (χ3v) is 4.27. The number of sulfonamides is 1. The zero-order valence-corrected chi connectivity index (χ0v) is 12.7. The minimum Gasteiger partial charge on any atom is -0.337 e. The molecular formula is C13H19N5O2S. The van der Waals surface area contributed by atoms with Gasteiger partial charge in [0.05, 0.1) is 6.33 Å². The summed E-state index contributed by atoms with van der Waals surface area (Å²) in [6.45, 7) is 1.74. The molecule has 0 amide bonds. The number of aryl methyl sites for hydroxylation is 1. The van der Waals surface area contributed by atoms with Crippen molar-refractivity contribution < 1.29 is 8.42 Å². The van der Waals surface area contributed by atoms with Crippen molar-refractivity contribution in [2.75, 3.05) is 13.6 Å². The quantitative estimate of drug-likeness (QED) is 0.688. The lowest BCUT2D eigenvalue weighted by molar-refractivity contribution is 0.566. The molecular weight excluding hydrogens is 290 g/mol. The van der Waals surface area contributed by atoms with Crippen LogP contribution in [0.4, 0.5) is 0 Å². The topological polar surface area (TPSA) is 88.9 Å². The Bertz CT molecular complexity index is 638. The SMILES string of the molecule is CNCc1ccc(S(=O)(=O)NCCCn2ccnc2)nc1. The van der Waals surface area contributed by atoms with E-state index in [-0.39, 0.29) is 5.03 Å². The van der Waals surface area contributed by atoms with E-state index >= 15 is 0 Å². The highest BCUT2D eigenvalue weighted by molar-refractivity contribution is 7.89. The molecule has 0 aromatic carbocycles. The summed E-state index contributed by atoms with van der Waals surface area (Å²) in [7, 11) is -1.71. The van der Waals surface area contributed by atoms with Crippen LogP contribution >= 0.6 is 0 Å². The normalized spacial score (nSPS) is 11.7. The Morgan fingerprint density at radius 1 is 1.33 bits per heavy atom. The van der Waals surface area contributed by atoms with Crippen molar-refractivity contribution in [2.45, 2.75) is 24.5 Å². The van der Waals surface area contributed by atoms with Gasteiger partial charge >= 0.3 is 0 Å². The van der Waals surface area contributed by atoms with Crippen molar-refractivity contribution in [1.82, 2.24) is 24.6 Å². The predicted octanol–water partition coefficient (Wildman–Crippen LogP) is 0.366. The van der Waals surface area contributed by atoms with Gasteiger partial charge < -0.3 is 9.88 Å². The average molecular weight is 309 g/mol. The zero-order valence-electron chi connectivity index (χ0n) is 11.9. The highest BCUT2D eigenvalue weighted by Gasteiger charge is 2.14. The first kappa shape index (κ1) is 15.6. The largest absolute Gasteiger partial charge is 0.337 e. The van der Waals surface area contributed by atoms with Gasteiger partial charge in [-0.3, -0.25) is 0 Å². The molecule has 0 saturated heterocycles. The molecule has 0 bridgehead atoms. The maximum Gasteiger partial charge on any atom is 0.258 e. The maximum absolute atomic E-state index is 12.1. The van der Waals surface area contributed by atoms with E-state index in [1.165, 1.54) is 6.07 Å². The monoisotopic (exact) mass is 309 g/mol. The van der Waals surface area contributed by atoms with Crippen LogP contribution in [0.2, 0.25) is 0 Å². The Kier molecular flexibility index (Phi) is 5.43. The second kappa shape index (κ2) is 7.30. The van der Waals surface area contributed by atoms with Gasteiger partial charge in [-0.25, -0.2) is 23.1 Å². The van der Waals surface area contributed by atoms with Crippen LogP contribution < -0.4 is 10.0 Å². The third-order valence-electron chi connectivity index (χ3n) is 2.90. The van der Waals surface area contributed by atoms with Crippen molar-refractivity contribution in [2.24, 2.45) is 0 Å². The van der Waals surface area contributed by atoms with E-state index in [4.69, 9.17) is 0 Å². The van der Waals surface area contributed by atoms with Gasteiger partial charge in [0.2, 0.25) is 0 Å². The van der Waals surface area contributed by atoms with Gasteiger partial charge in [-0.05, 0) is 25.1 Å². The third kappa shape index (κ3) is 4.62. The van der Waals surface area contributed by atoms with Crippen LogP contribution in [0.15, 0.2) is 42.1 Å². The van der Waals surface area contributed by atoms with Crippen LogP contribution in [0.3, 0.4) is 0 Å². The van der Waals surface area contributed by atoms with Gasteiger partial charge in [-0.2, -0.15) is 0 Å². The average Bonchev–Trinajstić information content (AvgIpc) is 2.98. The van der Waals surface area contributed by atoms with Crippen molar-refractivity contribution in [3.63, 3.8) is 0 Å². The lowest BCUT2D eigenvalue weighted by Gasteiger charge is -2.07. The van der Waals surface area contributed by atoms with Gasteiger partial charge in [0, 0.05) is 38.2 Å². The van der Waals surface area contributed by atoms with Crippen molar-refractivity contribution in [3.05, 3.63) is 42.6 Å². The van der Waals surface area contributed by atoms with E-state index in [1.54, 1.807) is 24.8 Å². The minimum absolute atomic E-state index is 0.0463. The van der Waals surface area contributed by atoms with Crippen LogP contribution in [-0.2, 0) is 23.1 Å². The highest BCUT2D eigenvalue weighted by atomic mass is 32.2. The van der Waals surface area contributed by atoms with E-state index < -0.39 is 10.0 Å². The number of hydrogen-bond donors (Lipinski definition) is 2. The van der Waals surface area contributed by atoms with Crippen LogP contribution in [0.1, 0.15) is 12.0 Å². The molecule has 0 atom stereocenters. The van der Waals surface area contributed by atoms with E-state index in [0.29, 0.717) is 19.5 Å². The number of hydrogen-bond acceptors (Lipinski definition) is 5. The Labute approximate surface area is 124 Å². The van der Waals surface area contributed by atoms with Crippen LogP contribution in [0.25, 0.3) is 0 Å². The summed E-state index contributed by atoms with van der Waals surface area (Å²) < 4.78 is 28.6. The fourth-order valence-corrected chi connectivity index (χ4v) is 2.84. The second-order valence-electron chi connectivity index (χ2n) is 4.59. The summed E-state index contributed by atoms with van der Waals surface area (Å²) in [6.07, 6.45) is 7.50. The molecule has 2 aromatic rings. The minimum atomic E-state index is -3.54. The Balaban J connectivity index is 1.85. The van der Waals surface area contributed by atoms with Gasteiger partial charge in [0.25, 0.3) is 10.0 Å². The molecule has 0 fully saturated rings. The maximum atomic E-state index is 12.1. The Morgan fingerprint density at radius 2 is 2.19 bits per heavy atom. The Hall–Kier alpha value is -1.77. The number of aromatic nitrogens is 3. The summed E-state index contributed by atoms with van der Waals surface area (Å²) in [4.78, 5) is 7.92. The number of imidazole rings is 1. The molecule has 0 spiro atoms. The number of pyridine rings is 1. The standard InChI is InChI=1S/C13H19N5O2S/c1-14-9-12-3-4-13(16-10-12)21(19,20)17-5-2-7-18-8-6-15-11-18/h3-4,6,8,10-11,14,17H,2,5,7,9H2,1H3. The molecule has 7 nitrogen and oxygen atoms in total. The van der Waals surface area contributed by atoms with Crippen LogP contribution in [0, 0.1) is 0 Å². The predicted molar refractivity (Wildman–Crippen MR) is 79.0 cm³/mol. The van der Waals surface area contributed by atoms with Crippen LogP contribution in [0.5, 0.6) is 0 Å². The van der Waals surface area contributed by atoms with Gasteiger partial charge in [-0.1, -0.05) is 6.07 Å². The van der Waals surface area contributed by atoms with Crippen molar-refractivity contribution in [1.29, 1.82) is 0 Å². The molecule has 0 aliphatic heterocycles. The number of rotatable bonds is 8. The lowest BCUT2D eigenvalue weighted by atomic mass is 10.3. The van der Waals surface area contributed by atoms with E-state index in [1.807, 2.05) is 17.8 Å². The first-order chi connectivity index (χ1) is 10.1. The smallest absolute Gasteiger partial charge is 0.258 e. The molecule has 0 saturated carbocycles. The first-order valence-electron chi connectivity index (χ1n) is 6.67. The van der Waals surface area contributed by atoms with Crippen LogP contribution in [-0.4, -0.2) is 36.5 Å². The molecule has 8 heteroatoms. The molecule has 2 aromatic heterocycles. The lowest BCUT2D eigenvalue weighted by Crippen LogP contribution is -2.26. The summed E-state index contributed by atoms with van der Waals surface area (Å²) in [6, 6.07) is 3.27. The molecule has 21 heavy (non-hydrogen) atoms. The molecule has 2 N–H and O–H groups in total. The van der Waals surface area contributed by atoms with Gasteiger partial charge in [0.15, 0.2) is 5.03 Å². The van der Waals surface area contributed by atoms with Crippen molar-refractivity contribution >= 4 is 10.0 Å². The molecule has 2 heterocycles. The molecule has 0 unspecified atom stereocenters. The number of nitrogens with zero attached hydrogens (tertiary/aromatic N) is 3. The highest BCUT2D eigenvalue weighted by Crippen LogP contribution is 2.06. The molecule has 114 valence electrons. The van der Waals surface area contributed by atoms with E-state index in [9.17, 15) is 8.42 Å². The number of nitrogens with one attached hydrogen (secondary N) is 2. The summed E-state index contributed by atoms with van der Waals surface area (Å²) >= 11 is 0. The van der Waals surface area contributed by atoms with Gasteiger partial charge in [0.1, 0.15) is 0 Å². The fourth-order valence-electron chi connectivity index (χ4n) is 1.84. The summed E-state index contributed by atoms with van der Waals surface area (Å²) in [5.41, 5.74) is 0.941. The molecule has 0 aliphatic rings. The van der Waals surface area contributed by atoms with E-state index in [0.717, 1.165) is 12.1 Å². The first-order valence-corrected chi connectivity index (χ1v) is 8.15. The van der Waals surface area contributed by atoms with Crippen molar-refractivity contribution in [3.8, 4) is 0 Å². The Morgan fingerprint density at radius 3 is 2.81 bits per heavy atom. The molecule has 2 rings (SSSR count). The van der Waals surface area contributed by atoms with E-state index in [2.05, 4.69) is 20.0 Å². The summed E-state index contributed by atoms with van der Waals surface area (Å²) in [5.74, 6) is 0. The second-order valence-corrected chi connectivity index (χ2v) is 6.30. The zero-order chi connectivity index (χ0) is 15.1. The fraction of sp³-hybridized carbons (Fsp3) is 0.385. The molecule has 0 radical (unpaired) electrons. The summed E-state index contributed by atoms with van der Waals surface area (Å²) in [5, 5.41) is 3.03.